The van der Waals surface area contributed by atoms with Crippen LogP contribution >= 0.6 is 11.3 Å². The molecule has 2 aromatic heterocycles. The molecule has 7 nitrogen and oxygen atoms in total. The van der Waals surface area contributed by atoms with Crippen LogP contribution in [0.3, 0.4) is 0 Å². The third-order valence-electron chi connectivity index (χ3n) is 5.61. The van der Waals surface area contributed by atoms with Crippen molar-refractivity contribution in [2.45, 2.75) is 37.8 Å². The van der Waals surface area contributed by atoms with Gasteiger partial charge in [0.25, 0.3) is 5.91 Å². The molecule has 1 N–H and O–H groups in total. The molecule has 5 rings (SSSR count). The molecule has 160 valence electrons. The molecular weight excluding hydrogens is 416 g/mol. The van der Waals surface area contributed by atoms with E-state index in [1.165, 1.54) is 22.5 Å². The van der Waals surface area contributed by atoms with Crippen LogP contribution in [0.15, 0.2) is 58.5 Å². The van der Waals surface area contributed by atoms with Gasteiger partial charge in [0.05, 0.1) is 6.26 Å². The smallest absolute Gasteiger partial charge is 0.295 e. The summed E-state index contributed by atoms with van der Waals surface area (Å²) in [6, 6.07) is 11.5. The van der Waals surface area contributed by atoms with Crippen molar-refractivity contribution in [3.05, 3.63) is 64.7 Å². The number of ether oxygens (including phenoxy) is 2. The Morgan fingerprint density at radius 2 is 1.90 bits per heavy atom. The molecule has 0 unspecified atom stereocenters. The minimum atomic E-state index is -0.835. The van der Waals surface area contributed by atoms with Gasteiger partial charge < -0.3 is 19.2 Å². The Morgan fingerprint density at radius 1 is 1.06 bits per heavy atom. The number of amides is 2. The summed E-state index contributed by atoms with van der Waals surface area (Å²) in [6.07, 6.45) is 5.57. The fourth-order valence-corrected chi connectivity index (χ4v) is 4.92. The van der Waals surface area contributed by atoms with E-state index in [1.807, 2.05) is 17.5 Å². The van der Waals surface area contributed by atoms with Gasteiger partial charge in [-0.3, -0.25) is 14.5 Å². The highest BCUT2D eigenvalue weighted by atomic mass is 32.1. The third-order valence-corrected chi connectivity index (χ3v) is 6.53. The number of carbonyl (C=O) groups excluding carboxylic acids is 2. The number of thiophene rings is 1. The number of hydrogen-bond donors (Lipinski definition) is 1. The van der Waals surface area contributed by atoms with Crippen LogP contribution in [0.1, 0.15) is 47.2 Å². The lowest BCUT2D eigenvalue weighted by Crippen LogP contribution is -2.46. The second kappa shape index (κ2) is 8.47. The zero-order valence-electron chi connectivity index (χ0n) is 16.8. The molecule has 0 radical (unpaired) electrons. The average molecular weight is 439 g/mol. The highest BCUT2D eigenvalue weighted by Crippen LogP contribution is 2.39. The van der Waals surface area contributed by atoms with Crippen molar-refractivity contribution in [3.63, 3.8) is 0 Å². The van der Waals surface area contributed by atoms with Crippen LogP contribution in [0.2, 0.25) is 0 Å². The molecule has 1 aliphatic heterocycles. The van der Waals surface area contributed by atoms with Crippen molar-refractivity contribution in [3.8, 4) is 11.5 Å². The van der Waals surface area contributed by atoms with Gasteiger partial charge in [-0.05, 0) is 48.6 Å². The van der Waals surface area contributed by atoms with E-state index in [9.17, 15) is 9.59 Å². The van der Waals surface area contributed by atoms with Crippen molar-refractivity contribution >= 4 is 28.8 Å². The minimum Gasteiger partial charge on any atom is -0.459 e. The zero-order valence-corrected chi connectivity index (χ0v) is 17.6. The second-order valence-electron chi connectivity index (χ2n) is 7.60. The number of anilines is 1. The van der Waals surface area contributed by atoms with Crippen LogP contribution in [-0.4, -0.2) is 24.6 Å². The van der Waals surface area contributed by atoms with Crippen molar-refractivity contribution in [1.29, 1.82) is 0 Å². The Kier molecular flexibility index (Phi) is 5.38. The molecule has 1 saturated carbocycles. The molecule has 1 fully saturated rings. The first-order chi connectivity index (χ1) is 15.2. The van der Waals surface area contributed by atoms with E-state index < -0.39 is 11.9 Å². The first-order valence-electron chi connectivity index (χ1n) is 10.3. The Morgan fingerprint density at radius 3 is 2.65 bits per heavy atom. The minimum absolute atomic E-state index is 0.126. The Balaban J connectivity index is 1.57. The normalized spacial score (nSPS) is 16.3. The van der Waals surface area contributed by atoms with E-state index in [2.05, 4.69) is 5.32 Å². The summed E-state index contributed by atoms with van der Waals surface area (Å²) in [7, 11) is 0. The number of furan rings is 1. The third kappa shape index (κ3) is 3.90. The molecular formula is C23H22N2O5S. The topological polar surface area (TPSA) is 81.0 Å². The van der Waals surface area contributed by atoms with Gasteiger partial charge in [0, 0.05) is 22.7 Å². The summed E-state index contributed by atoms with van der Waals surface area (Å²) in [5.74, 6) is 0.705. The Bertz CT molecular complexity index is 1060. The largest absolute Gasteiger partial charge is 0.459 e. The summed E-state index contributed by atoms with van der Waals surface area (Å²) < 4.78 is 16.3. The summed E-state index contributed by atoms with van der Waals surface area (Å²) in [5.41, 5.74) is 0.533. The maximum atomic E-state index is 13.6. The molecule has 8 heteroatoms. The van der Waals surface area contributed by atoms with Gasteiger partial charge in [-0.1, -0.05) is 18.9 Å². The standard InChI is InChI=1S/C23H22N2O5S/c26-22(24-15-5-1-2-6-15)21(20-8-4-12-31-20)25(23(27)18-7-3-11-28-18)16-9-10-17-19(13-16)30-14-29-17/h3-4,7-13,15,21H,1-2,5-6,14H2,(H,24,26)/t21-/m0/s1. The average Bonchev–Trinajstić information content (AvgIpc) is 3.57. The van der Waals surface area contributed by atoms with Crippen LogP contribution in [0.4, 0.5) is 5.69 Å². The fourth-order valence-electron chi connectivity index (χ4n) is 4.11. The molecule has 2 amide bonds. The molecule has 1 atom stereocenters. The summed E-state index contributed by atoms with van der Waals surface area (Å²) in [5, 5.41) is 5.06. The van der Waals surface area contributed by atoms with E-state index in [4.69, 9.17) is 13.9 Å². The lowest BCUT2D eigenvalue weighted by atomic mass is 10.1. The van der Waals surface area contributed by atoms with Crippen LogP contribution in [0.25, 0.3) is 0 Å². The first kappa shape index (κ1) is 19.7. The Labute approximate surface area is 183 Å². The number of nitrogens with one attached hydrogen (secondary N) is 1. The molecule has 3 aromatic rings. The predicted molar refractivity (Wildman–Crippen MR) is 116 cm³/mol. The highest BCUT2D eigenvalue weighted by Gasteiger charge is 2.37. The molecule has 0 saturated heterocycles. The number of fused-ring (bicyclic) bond motifs is 1. The molecule has 1 aliphatic carbocycles. The number of hydrogen-bond acceptors (Lipinski definition) is 6. The lowest BCUT2D eigenvalue weighted by Gasteiger charge is -2.31. The summed E-state index contributed by atoms with van der Waals surface area (Å²) in [6.45, 7) is 0.126. The van der Waals surface area contributed by atoms with E-state index in [0.29, 0.717) is 17.2 Å². The molecule has 3 heterocycles. The predicted octanol–water partition coefficient (Wildman–Crippen LogP) is 4.52. The molecule has 2 aliphatic rings. The maximum absolute atomic E-state index is 13.6. The first-order valence-corrected chi connectivity index (χ1v) is 11.2. The summed E-state index contributed by atoms with van der Waals surface area (Å²) >= 11 is 1.44. The number of benzene rings is 1. The maximum Gasteiger partial charge on any atom is 0.295 e. The van der Waals surface area contributed by atoms with Gasteiger partial charge in [-0.2, -0.15) is 0 Å². The fraction of sp³-hybridized carbons (Fsp3) is 0.304. The van der Waals surface area contributed by atoms with Crippen molar-refractivity contribution in [1.82, 2.24) is 5.32 Å². The van der Waals surface area contributed by atoms with E-state index in [-0.39, 0.29) is 24.5 Å². The van der Waals surface area contributed by atoms with Gasteiger partial charge in [-0.25, -0.2) is 0 Å². The lowest BCUT2D eigenvalue weighted by molar-refractivity contribution is -0.123. The van der Waals surface area contributed by atoms with Crippen molar-refractivity contribution < 1.29 is 23.5 Å². The number of carbonyl (C=O) groups is 2. The Hall–Kier alpha value is -3.26. The van der Waals surface area contributed by atoms with Gasteiger partial charge in [-0.15, -0.1) is 11.3 Å². The monoisotopic (exact) mass is 438 g/mol. The number of nitrogens with zero attached hydrogens (tertiary/aromatic N) is 1. The van der Waals surface area contributed by atoms with Gasteiger partial charge >= 0.3 is 0 Å². The van der Waals surface area contributed by atoms with Crippen molar-refractivity contribution in [2.24, 2.45) is 0 Å². The zero-order chi connectivity index (χ0) is 21.2. The van der Waals surface area contributed by atoms with Gasteiger partial charge in [0.15, 0.2) is 23.3 Å². The van der Waals surface area contributed by atoms with Crippen molar-refractivity contribution in [2.75, 3.05) is 11.7 Å². The molecule has 1 aromatic carbocycles. The van der Waals surface area contributed by atoms with Crippen LogP contribution in [0.5, 0.6) is 11.5 Å². The van der Waals surface area contributed by atoms with E-state index >= 15 is 0 Å². The van der Waals surface area contributed by atoms with E-state index in [1.54, 1.807) is 30.3 Å². The second-order valence-corrected chi connectivity index (χ2v) is 8.58. The van der Waals surface area contributed by atoms with Gasteiger partial charge in [0.1, 0.15) is 0 Å². The quantitative estimate of drug-likeness (QED) is 0.612. The number of rotatable bonds is 6. The summed E-state index contributed by atoms with van der Waals surface area (Å²) in [4.78, 5) is 29.4. The highest BCUT2D eigenvalue weighted by molar-refractivity contribution is 7.10. The molecule has 0 spiro atoms. The van der Waals surface area contributed by atoms with Gasteiger partial charge in [0.2, 0.25) is 12.7 Å². The van der Waals surface area contributed by atoms with E-state index in [0.717, 1.165) is 30.6 Å². The molecule has 0 bridgehead atoms. The van der Waals surface area contributed by atoms with Crippen LogP contribution in [-0.2, 0) is 4.79 Å². The van der Waals surface area contributed by atoms with Crippen LogP contribution in [0, 0.1) is 0 Å². The van der Waals surface area contributed by atoms with Crippen LogP contribution < -0.4 is 19.7 Å². The molecule has 31 heavy (non-hydrogen) atoms. The SMILES string of the molecule is O=C(NC1CCCC1)[C@H](c1cccs1)N(C(=O)c1ccco1)c1ccc2c(c1)OCO2.